The van der Waals surface area contributed by atoms with Gasteiger partial charge in [-0.1, -0.05) is 24.3 Å². The van der Waals surface area contributed by atoms with E-state index in [0.29, 0.717) is 6.10 Å². The van der Waals surface area contributed by atoms with Crippen molar-refractivity contribution in [2.24, 2.45) is 0 Å². The van der Waals surface area contributed by atoms with Crippen molar-refractivity contribution in [1.82, 2.24) is 0 Å². The summed E-state index contributed by atoms with van der Waals surface area (Å²) in [6, 6.07) is 8.16. The molecule has 0 radical (unpaired) electrons. The molecule has 0 aliphatic carbocycles. The summed E-state index contributed by atoms with van der Waals surface area (Å²) in [4.78, 5) is 0. The summed E-state index contributed by atoms with van der Waals surface area (Å²) >= 11 is 1.93. The van der Waals surface area contributed by atoms with Crippen molar-refractivity contribution in [2.45, 2.75) is 31.3 Å². The molecule has 2 nitrogen and oxygen atoms in total. The molecule has 1 aliphatic rings. The highest BCUT2D eigenvalue weighted by Gasteiger charge is 2.14. The van der Waals surface area contributed by atoms with Crippen LogP contribution in [0.2, 0.25) is 0 Å². The molecule has 1 aromatic carbocycles. The lowest BCUT2D eigenvalue weighted by Crippen LogP contribution is -2.07. The molecule has 0 aromatic heterocycles. The average Bonchev–Trinajstić information content (AvgIpc) is 2.83. The Bertz CT molecular complexity index is 304. The van der Waals surface area contributed by atoms with Crippen molar-refractivity contribution in [1.29, 1.82) is 0 Å². The van der Waals surface area contributed by atoms with Crippen molar-refractivity contribution in [3.05, 3.63) is 35.4 Å². The van der Waals surface area contributed by atoms with Crippen molar-refractivity contribution >= 4 is 11.8 Å². The lowest BCUT2D eigenvalue weighted by Gasteiger charge is -2.08. The van der Waals surface area contributed by atoms with E-state index in [1.165, 1.54) is 18.4 Å². The normalized spacial score (nSPS) is 20.2. The first-order valence-electron chi connectivity index (χ1n) is 5.76. The van der Waals surface area contributed by atoms with Crippen molar-refractivity contribution in [2.75, 3.05) is 12.4 Å². The van der Waals surface area contributed by atoms with Gasteiger partial charge in [0.15, 0.2) is 0 Å². The van der Waals surface area contributed by atoms with E-state index in [2.05, 4.69) is 12.1 Å². The van der Waals surface area contributed by atoms with Gasteiger partial charge in [0.2, 0.25) is 0 Å². The molecule has 1 heterocycles. The molecule has 2 rings (SSSR count). The molecule has 1 aliphatic heterocycles. The van der Waals surface area contributed by atoms with Gasteiger partial charge >= 0.3 is 0 Å². The maximum absolute atomic E-state index is 8.93. The standard InChI is InChI=1S/C13H18O2S/c14-8-11-3-5-12(6-4-11)9-16-10-13-2-1-7-15-13/h3-6,13-14H,1-2,7-10H2. The van der Waals surface area contributed by atoms with Crippen LogP contribution >= 0.6 is 11.8 Å². The minimum absolute atomic E-state index is 0.128. The Labute approximate surface area is 101 Å². The minimum Gasteiger partial charge on any atom is -0.392 e. The van der Waals surface area contributed by atoms with E-state index < -0.39 is 0 Å². The van der Waals surface area contributed by atoms with Gasteiger partial charge in [0, 0.05) is 18.1 Å². The van der Waals surface area contributed by atoms with Crippen molar-refractivity contribution in [3.63, 3.8) is 0 Å². The number of benzene rings is 1. The molecule has 1 aromatic rings. The Hall–Kier alpha value is -0.510. The molecule has 0 saturated carbocycles. The van der Waals surface area contributed by atoms with E-state index in [0.717, 1.165) is 23.7 Å². The van der Waals surface area contributed by atoms with E-state index in [1.54, 1.807) is 0 Å². The van der Waals surface area contributed by atoms with Crippen LogP contribution in [0.4, 0.5) is 0 Å². The molecule has 3 heteroatoms. The van der Waals surface area contributed by atoms with E-state index in [-0.39, 0.29) is 6.61 Å². The first-order valence-corrected chi connectivity index (χ1v) is 6.92. The molecule has 1 unspecified atom stereocenters. The van der Waals surface area contributed by atoms with Gasteiger partial charge in [-0.25, -0.2) is 0 Å². The summed E-state index contributed by atoms with van der Waals surface area (Å²) in [6.45, 7) is 1.07. The van der Waals surface area contributed by atoms with Gasteiger partial charge in [-0.2, -0.15) is 11.8 Å². The van der Waals surface area contributed by atoms with E-state index in [4.69, 9.17) is 9.84 Å². The minimum atomic E-state index is 0.128. The molecule has 0 bridgehead atoms. The monoisotopic (exact) mass is 238 g/mol. The number of hydrogen-bond donors (Lipinski definition) is 1. The van der Waals surface area contributed by atoms with E-state index in [1.807, 2.05) is 23.9 Å². The Morgan fingerprint density at radius 3 is 2.62 bits per heavy atom. The highest BCUT2D eigenvalue weighted by molar-refractivity contribution is 7.98. The van der Waals surface area contributed by atoms with Gasteiger partial charge in [-0.15, -0.1) is 0 Å². The predicted molar refractivity (Wildman–Crippen MR) is 67.5 cm³/mol. The van der Waals surface area contributed by atoms with Gasteiger partial charge in [-0.3, -0.25) is 0 Å². The van der Waals surface area contributed by atoms with Crippen molar-refractivity contribution in [3.8, 4) is 0 Å². The maximum atomic E-state index is 8.93. The SMILES string of the molecule is OCc1ccc(CSCC2CCCO2)cc1. The Balaban J connectivity index is 1.71. The fourth-order valence-electron chi connectivity index (χ4n) is 1.82. The number of ether oxygens (including phenoxy) is 1. The van der Waals surface area contributed by atoms with Crippen LogP contribution in [-0.2, 0) is 17.1 Å². The molecular weight excluding hydrogens is 220 g/mol. The third-order valence-electron chi connectivity index (χ3n) is 2.80. The molecule has 0 spiro atoms. The van der Waals surface area contributed by atoms with Crippen LogP contribution in [0.3, 0.4) is 0 Å². The molecule has 1 fully saturated rings. The van der Waals surface area contributed by atoms with Gasteiger partial charge in [0.25, 0.3) is 0 Å². The molecule has 1 atom stereocenters. The van der Waals surface area contributed by atoms with Gasteiger partial charge in [0.05, 0.1) is 12.7 Å². The van der Waals surface area contributed by atoms with Crippen LogP contribution < -0.4 is 0 Å². The summed E-state index contributed by atoms with van der Waals surface area (Å²) in [5.41, 5.74) is 2.30. The molecule has 0 amide bonds. The van der Waals surface area contributed by atoms with E-state index in [9.17, 15) is 0 Å². The zero-order chi connectivity index (χ0) is 11.2. The van der Waals surface area contributed by atoms with Crippen LogP contribution in [-0.4, -0.2) is 23.6 Å². The smallest absolute Gasteiger partial charge is 0.0681 e. The predicted octanol–water partition coefficient (Wildman–Crippen LogP) is 2.59. The van der Waals surface area contributed by atoms with Crippen LogP contribution in [0.1, 0.15) is 24.0 Å². The Morgan fingerprint density at radius 2 is 2.00 bits per heavy atom. The third kappa shape index (κ3) is 3.51. The summed E-state index contributed by atoms with van der Waals surface area (Å²) in [5, 5.41) is 8.93. The Kier molecular flexibility index (Phi) is 4.69. The quantitative estimate of drug-likeness (QED) is 0.855. The lowest BCUT2D eigenvalue weighted by atomic mass is 10.2. The average molecular weight is 238 g/mol. The Morgan fingerprint density at radius 1 is 1.25 bits per heavy atom. The van der Waals surface area contributed by atoms with Crippen molar-refractivity contribution < 1.29 is 9.84 Å². The number of aliphatic hydroxyl groups is 1. The molecule has 1 N–H and O–H groups in total. The van der Waals surface area contributed by atoms with Gasteiger partial charge in [-0.05, 0) is 24.0 Å². The second-order valence-electron chi connectivity index (χ2n) is 4.12. The number of aliphatic hydroxyl groups excluding tert-OH is 1. The third-order valence-corrected chi connectivity index (χ3v) is 3.95. The fraction of sp³-hybridized carbons (Fsp3) is 0.538. The maximum Gasteiger partial charge on any atom is 0.0681 e. The molecule has 16 heavy (non-hydrogen) atoms. The largest absolute Gasteiger partial charge is 0.392 e. The highest BCUT2D eigenvalue weighted by Crippen LogP contribution is 2.20. The molecule has 1 saturated heterocycles. The van der Waals surface area contributed by atoms with Crippen LogP contribution in [0.5, 0.6) is 0 Å². The zero-order valence-corrected chi connectivity index (χ0v) is 10.2. The summed E-state index contributed by atoms with van der Waals surface area (Å²) in [7, 11) is 0. The van der Waals surface area contributed by atoms with Gasteiger partial charge < -0.3 is 9.84 Å². The van der Waals surface area contributed by atoms with Crippen LogP contribution in [0, 0.1) is 0 Å². The summed E-state index contributed by atoms with van der Waals surface area (Å²) in [6.07, 6.45) is 2.91. The first-order chi connectivity index (χ1) is 7.88. The summed E-state index contributed by atoms with van der Waals surface area (Å²) in [5.74, 6) is 2.13. The fourth-order valence-corrected chi connectivity index (χ4v) is 2.90. The number of rotatable bonds is 5. The molecular formula is C13H18O2S. The second kappa shape index (κ2) is 6.28. The van der Waals surface area contributed by atoms with Crippen LogP contribution in [0.15, 0.2) is 24.3 Å². The zero-order valence-electron chi connectivity index (χ0n) is 9.39. The first kappa shape index (κ1) is 12.0. The van der Waals surface area contributed by atoms with Gasteiger partial charge in [0.1, 0.15) is 0 Å². The number of thioether (sulfide) groups is 1. The summed E-state index contributed by atoms with van der Waals surface area (Å²) < 4.78 is 5.57. The second-order valence-corrected chi connectivity index (χ2v) is 5.16. The topological polar surface area (TPSA) is 29.5 Å². The lowest BCUT2D eigenvalue weighted by molar-refractivity contribution is 0.129. The highest BCUT2D eigenvalue weighted by atomic mass is 32.2. The molecule has 88 valence electrons. The number of hydrogen-bond acceptors (Lipinski definition) is 3. The van der Waals surface area contributed by atoms with E-state index >= 15 is 0 Å². The van der Waals surface area contributed by atoms with Crippen LogP contribution in [0.25, 0.3) is 0 Å².